The molecule has 0 bridgehead atoms. The van der Waals surface area contributed by atoms with Gasteiger partial charge in [-0.05, 0) is 48.2 Å². The number of aliphatic carboxylic acids is 1. The molecule has 2 N–H and O–H groups in total. The van der Waals surface area contributed by atoms with Crippen LogP contribution in [0.25, 0.3) is 10.8 Å². The molecule has 0 unspecified atom stereocenters. The number of hydrogen-bond donors (Lipinski definition) is 2. The highest BCUT2D eigenvalue weighted by atomic mass is 16.5. The third-order valence-corrected chi connectivity index (χ3v) is 4.49. The van der Waals surface area contributed by atoms with Gasteiger partial charge in [-0.25, -0.2) is 4.79 Å². The van der Waals surface area contributed by atoms with Crippen molar-refractivity contribution < 1.29 is 19.4 Å². The molecule has 5 nitrogen and oxygen atoms in total. The maximum atomic E-state index is 12.3. The number of ether oxygens (including phenoxy) is 1. The lowest BCUT2D eigenvalue weighted by molar-refractivity contribution is -0.143. The van der Waals surface area contributed by atoms with Crippen LogP contribution in [0.3, 0.4) is 0 Å². The van der Waals surface area contributed by atoms with Gasteiger partial charge in [-0.15, -0.1) is 0 Å². The van der Waals surface area contributed by atoms with E-state index in [2.05, 4.69) is 5.32 Å². The van der Waals surface area contributed by atoms with Crippen LogP contribution >= 0.6 is 0 Å². The normalized spacial score (nSPS) is 16.6. The van der Waals surface area contributed by atoms with Crippen molar-refractivity contribution >= 4 is 22.6 Å². The van der Waals surface area contributed by atoms with Gasteiger partial charge >= 0.3 is 5.97 Å². The fourth-order valence-electron chi connectivity index (χ4n) is 2.65. The fourth-order valence-corrected chi connectivity index (χ4v) is 2.65. The number of rotatable bonds is 5. The summed E-state index contributed by atoms with van der Waals surface area (Å²) in [5.41, 5.74) is -0.184. The third kappa shape index (κ3) is 2.86. The lowest BCUT2D eigenvalue weighted by Gasteiger charge is -2.17. The van der Waals surface area contributed by atoms with Gasteiger partial charge in [0.15, 0.2) is 0 Å². The molecule has 1 amide bonds. The summed E-state index contributed by atoms with van der Waals surface area (Å²) in [7, 11) is 1.62. The van der Waals surface area contributed by atoms with Crippen LogP contribution < -0.4 is 10.1 Å². The summed E-state index contributed by atoms with van der Waals surface area (Å²) in [5.74, 6) is -0.826. The summed E-state index contributed by atoms with van der Waals surface area (Å²) in [5, 5.41) is 13.9. The van der Waals surface area contributed by atoms with Crippen LogP contribution in [0.4, 0.5) is 0 Å². The minimum Gasteiger partial charge on any atom is -0.497 e. The van der Waals surface area contributed by atoms with Crippen molar-refractivity contribution in [2.24, 2.45) is 0 Å². The number of fused-ring (bicyclic) bond motifs is 1. The van der Waals surface area contributed by atoms with Gasteiger partial charge in [0.2, 0.25) is 5.91 Å². The quantitative estimate of drug-likeness (QED) is 0.890. The molecule has 0 aromatic heterocycles. The Morgan fingerprint density at radius 2 is 1.83 bits per heavy atom. The number of benzene rings is 2. The molecular weight excluding hydrogens is 294 g/mol. The second-order valence-corrected chi connectivity index (χ2v) is 6.07. The lowest BCUT2D eigenvalue weighted by atomic mass is 9.96. The van der Waals surface area contributed by atoms with Crippen molar-refractivity contribution in [2.75, 3.05) is 7.11 Å². The summed E-state index contributed by atoms with van der Waals surface area (Å²) in [4.78, 5) is 23.5. The number of hydrogen-bond acceptors (Lipinski definition) is 3. The average Bonchev–Trinajstić information content (AvgIpc) is 3.34. The van der Waals surface area contributed by atoms with Crippen molar-refractivity contribution in [3.63, 3.8) is 0 Å². The van der Waals surface area contributed by atoms with E-state index in [0.29, 0.717) is 12.8 Å². The SMILES string of the molecule is COc1ccc2cc([C@H](C)C(=O)NC3(C(=O)O)CC3)ccc2c1. The Kier molecular flexibility index (Phi) is 3.72. The van der Waals surface area contributed by atoms with Crippen LogP contribution in [0.1, 0.15) is 31.2 Å². The zero-order valence-corrected chi connectivity index (χ0v) is 13.1. The number of carbonyl (C=O) groups is 2. The van der Waals surface area contributed by atoms with E-state index in [0.717, 1.165) is 22.1 Å². The van der Waals surface area contributed by atoms with E-state index < -0.39 is 17.4 Å². The third-order valence-electron chi connectivity index (χ3n) is 4.49. The Morgan fingerprint density at radius 1 is 1.17 bits per heavy atom. The van der Waals surface area contributed by atoms with E-state index in [9.17, 15) is 9.59 Å². The van der Waals surface area contributed by atoms with Gasteiger partial charge in [0.1, 0.15) is 11.3 Å². The van der Waals surface area contributed by atoms with E-state index in [1.807, 2.05) is 36.4 Å². The van der Waals surface area contributed by atoms with Gasteiger partial charge in [-0.3, -0.25) is 4.79 Å². The van der Waals surface area contributed by atoms with E-state index in [-0.39, 0.29) is 5.91 Å². The molecule has 5 heteroatoms. The second-order valence-electron chi connectivity index (χ2n) is 6.07. The van der Waals surface area contributed by atoms with Crippen LogP contribution in [0.5, 0.6) is 5.75 Å². The van der Waals surface area contributed by atoms with Gasteiger partial charge in [-0.1, -0.05) is 24.3 Å². The zero-order valence-electron chi connectivity index (χ0n) is 13.1. The van der Waals surface area contributed by atoms with Gasteiger partial charge < -0.3 is 15.2 Å². The topological polar surface area (TPSA) is 75.6 Å². The van der Waals surface area contributed by atoms with Gasteiger partial charge in [0.25, 0.3) is 0 Å². The Hall–Kier alpha value is -2.56. The standard InChI is InChI=1S/C18H19NO4/c1-11(16(20)19-18(7-8-18)17(21)22)12-3-4-14-10-15(23-2)6-5-13(14)9-12/h3-6,9-11H,7-8H2,1-2H3,(H,19,20)(H,21,22)/t11-/m0/s1. The van der Waals surface area contributed by atoms with E-state index >= 15 is 0 Å². The first kappa shape index (κ1) is 15.3. The van der Waals surface area contributed by atoms with Gasteiger partial charge in [0, 0.05) is 0 Å². The highest BCUT2D eigenvalue weighted by molar-refractivity contribution is 5.93. The minimum atomic E-state index is -1.05. The first-order valence-electron chi connectivity index (χ1n) is 7.58. The highest BCUT2D eigenvalue weighted by Crippen LogP contribution is 2.36. The predicted octanol–water partition coefficient (Wildman–Crippen LogP) is 2.69. The Bertz CT molecular complexity index is 780. The molecule has 1 aliphatic rings. The molecule has 0 heterocycles. The van der Waals surface area contributed by atoms with Crippen molar-refractivity contribution in [2.45, 2.75) is 31.2 Å². The first-order valence-corrected chi connectivity index (χ1v) is 7.58. The maximum absolute atomic E-state index is 12.3. The molecule has 0 aliphatic heterocycles. The summed E-state index contributed by atoms with van der Waals surface area (Å²) >= 11 is 0. The molecule has 1 aliphatic carbocycles. The van der Waals surface area contributed by atoms with Crippen molar-refractivity contribution in [3.05, 3.63) is 42.0 Å². The molecule has 1 saturated carbocycles. The number of carboxylic acids is 1. The van der Waals surface area contributed by atoms with Crippen LogP contribution in [0.15, 0.2) is 36.4 Å². The lowest BCUT2D eigenvalue weighted by Crippen LogP contribution is -2.44. The molecule has 1 fully saturated rings. The second kappa shape index (κ2) is 5.57. The van der Waals surface area contributed by atoms with E-state index in [4.69, 9.17) is 9.84 Å². The summed E-state index contributed by atoms with van der Waals surface area (Å²) in [6.07, 6.45) is 0.997. The predicted molar refractivity (Wildman–Crippen MR) is 86.7 cm³/mol. The molecule has 0 radical (unpaired) electrons. The molecule has 3 rings (SSSR count). The minimum absolute atomic E-state index is 0.252. The summed E-state index contributed by atoms with van der Waals surface area (Å²) < 4.78 is 5.20. The first-order chi connectivity index (χ1) is 10.9. The van der Waals surface area contributed by atoms with Gasteiger partial charge in [0.05, 0.1) is 13.0 Å². The maximum Gasteiger partial charge on any atom is 0.329 e. The zero-order chi connectivity index (χ0) is 16.6. The van der Waals surface area contributed by atoms with Crippen molar-refractivity contribution in [1.82, 2.24) is 5.32 Å². The molecule has 120 valence electrons. The number of methoxy groups -OCH3 is 1. The van der Waals surface area contributed by atoms with Crippen molar-refractivity contribution in [1.29, 1.82) is 0 Å². The molecule has 2 aromatic carbocycles. The molecule has 0 saturated heterocycles. The summed E-state index contributed by atoms with van der Waals surface area (Å²) in [6.45, 7) is 1.79. The number of carboxylic acid groups (broad SMARTS) is 1. The van der Waals surface area contributed by atoms with Crippen LogP contribution in [0, 0.1) is 0 Å². The summed E-state index contributed by atoms with van der Waals surface area (Å²) in [6, 6.07) is 11.6. The Morgan fingerprint density at radius 3 is 2.43 bits per heavy atom. The smallest absolute Gasteiger partial charge is 0.329 e. The van der Waals surface area contributed by atoms with E-state index in [1.165, 1.54) is 0 Å². The Labute approximate surface area is 134 Å². The monoisotopic (exact) mass is 313 g/mol. The molecular formula is C18H19NO4. The molecule has 1 atom stereocenters. The van der Waals surface area contributed by atoms with Crippen LogP contribution in [-0.2, 0) is 9.59 Å². The van der Waals surface area contributed by atoms with E-state index in [1.54, 1.807) is 14.0 Å². The molecule has 2 aromatic rings. The number of carbonyl (C=O) groups excluding carboxylic acids is 1. The van der Waals surface area contributed by atoms with Crippen LogP contribution in [-0.4, -0.2) is 29.6 Å². The molecule has 0 spiro atoms. The number of amides is 1. The highest BCUT2D eigenvalue weighted by Gasteiger charge is 2.52. The number of nitrogens with one attached hydrogen (secondary N) is 1. The largest absolute Gasteiger partial charge is 0.497 e. The Balaban J connectivity index is 1.81. The van der Waals surface area contributed by atoms with Gasteiger partial charge in [-0.2, -0.15) is 0 Å². The fraction of sp³-hybridized carbons (Fsp3) is 0.333. The van der Waals surface area contributed by atoms with Crippen LogP contribution in [0.2, 0.25) is 0 Å². The van der Waals surface area contributed by atoms with Crippen molar-refractivity contribution in [3.8, 4) is 5.75 Å². The molecule has 23 heavy (non-hydrogen) atoms. The average molecular weight is 313 g/mol.